The van der Waals surface area contributed by atoms with Crippen LogP contribution in [0, 0.1) is 5.82 Å². The average molecular weight is 360 g/mol. The van der Waals surface area contributed by atoms with Gasteiger partial charge in [0.25, 0.3) is 5.91 Å². The summed E-state index contributed by atoms with van der Waals surface area (Å²) < 4.78 is 14.7. The molecule has 1 atom stereocenters. The molecule has 2 aromatic rings. The van der Waals surface area contributed by atoms with E-state index in [-0.39, 0.29) is 23.2 Å². The van der Waals surface area contributed by atoms with Gasteiger partial charge in [-0.2, -0.15) is 5.10 Å². The third kappa shape index (κ3) is 4.68. The molecule has 0 aliphatic heterocycles. The highest BCUT2D eigenvalue weighted by Gasteiger charge is 2.23. The molecule has 0 fully saturated rings. The summed E-state index contributed by atoms with van der Waals surface area (Å²) in [5, 5.41) is 9.79. The van der Waals surface area contributed by atoms with Crippen LogP contribution in [0.25, 0.3) is 5.69 Å². The van der Waals surface area contributed by atoms with Gasteiger partial charge in [0, 0.05) is 5.54 Å². The smallest absolute Gasteiger partial charge is 0.255 e. The molecule has 26 heavy (non-hydrogen) atoms. The van der Waals surface area contributed by atoms with Gasteiger partial charge in [-0.25, -0.2) is 9.07 Å². The van der Waals surface area contributed by atoms with Crippen LogP contribution >= 0.6 is 0 Å². The lowest BCUT2D eigenvalue weighted by Gasteiger charge is -2.23. The highest BCUT2D eigenvalue weighted by atomic mass is 19.1. The van der Waals surface area contributed by atoms with Crippen LogP contribution in [0.4, 0.5) is 4.39 Å². The van der Waals surface area contributed by atoms with E-state index in [0.717, 1.165) is 0 Å². The monoisotopic (exact) mass is 360 g/mol. The van der Waals surface area contributed by atoms with Crippen LogP contribution in [0.1, 0.15) is 50.7 Å². The summed E-state index contributed by atoms with van der Waals surface area (Å²) in [6.45, 7) is 9.17. The summed E-state index contributed by atoms with van der Waals surface area (Å²) in [7, 11) is 0. The molecule has 2 amide bonds. The fourth-order valence-corrected chi connectivity index (χ4v) is 2.53. The first-order chi connectivity index (χ1) is 12.1. The second-order valence-electron chi connectivity index (χ2n) is 7.18. The lowest BCUT2D eigenvalue weighted by atomic mass is 10.1. The molecule has 0 aliphatic carbocycles. The Morgan fingerprint density at radius 2 is 1.85 bits per heavy atom. The van der Waals surface area contributed by atoms with Gasteiger partial charge in [-0.3, -0.25) is 9.59 Å². The molecule has 0 unspecified atom stereocenters. The number of hydrogen-bond acceptors (Lipinski definition) is 3. The Morgan fingerprint density at radius 1 is 1.23 bits per heavy atom. The molecule has 0 saturated carbocycles. The van der Waals surface area contributed by atoms with Crippen LogP contribution < -0.4 is 10.6 Å². The molecule has 0 spiro atoms. The van der Waals surface area contributed by atoms with Crippen molar-refractivity contribution < 1.29 is 14.0 Å². The number of carbonyl (C=O) groups excluding carboxylic acids is 2. The maximum absolute atomic E-state index is 13.1. The maximum Gasteiger partial charge on any atom is 0.255 e. The van der Waals surface area contributed by atoms with Crippen LogP contribution in [0.5, 0.6) is 0 Å². The van der Waals surface area contributed by atoms with Crippen molar-refractivity contribution in [3.63, 3.8) is 0 Å². The Morgan fingerprint density at radius 3 is 2.38 bits per heavy atom. The Balaban J connectivity index is 2.19. The predicted octanol–water partition coefficient (Wildman–Crippen LogP) is 2.61. The largest absolute Gasteiger partial charge is 0.350 e. The van der Waals surface area contributed by atoms with Crippen molar-refractivity contribution in [1.82, 2.24) is 20.4 Å². The second kappa shape index (κ2) is 7.68. The van der Waals surface area contributed by atoms with Gasteiger partial charge in [0.2, 0.25) is 5.91 Å². The lowest BCUT2D eigenvalue weighted by molar-refractivity contribution is -0.124. The number of nitrogens with zero attached hydrogens (tertiary/aromatic N) is 2. The molecule has 2 rings (SSSR count). The van der Waals surface area contributed by atoms with Crippen molar-refractivity contribution in [2.75, 3.05) is 0 Å². The Labute approximate surface area is 152 Å². The quantitative estimate of drug-likeness (QED) is 0.861. The zero-order valence-electron chi connectivity index (χ0n) is 15.8. The first kappa shape index (κ1) is 19.6. The first-order valence-corrected chi connectivity index (χ1v) is 8.58. The van der Waals surface area contributed by atoms with Gasteiger partial charge < -0.3 is 10.6 Å². The SMILES string of the molecule is CCc1c(C(=O)N[C@H](C)C(=O)NC(C)(C)C)cnn1-c1ccc(F)cc1. The summed E-state index contributed by atoms with van der Waals surface area (Å²) in [5.41, 5.74) is 1.38. The number of carbonyl (C=O) groups is 2. The van der Waals surface area contributed by atoms with Crippen molar-refractivity contribution >= 4 is 11.8 Å². The minimum absolute atomic E-state index is 0.255. The summed E-state index contributed by atoms with van der Waals surface area (Å²) in [6.07, 6.45) is 2.02. The van der Waals surface area contributed by atoms with E-state index in [4.69, 9.17) is 0 Å². The third-order valence-corrected chi connectivity index (χ3v) is 3.76. The molecule has 7 heteroatoms. The van der Waals surface area contributed by atoms with Crippen LogP contribution in [0.2, 0.25) is 0 Å². The van der Waals surface area contributed by atoms with E-state index in [1.807, 2.05) is 27.7 Å². The van der Waals surface area contributed by atoms with E-state index in [1.165, 1.54) is 18.3 Å². The van der Waals surface area contributed by atoms with E-state index >= 15 is 0 Å². The number of amides is 2. The van der Waals surface area contributed by atoms with Gasteiger partial charge in [0.1, 0.15) is 11.9 Å². The summed E-state index contributed by atoms with van der Waals surface area (Å²) in [4.78, 5) is 24.8. The molecule has 1 aromatic carbocycles. The normalized spacial score (nSPS) is 12.5. The minimum Gasteiger partial charge on any atom is -0.350 e. The zero-order chi connectivity index (χ0) is 19.5. The van der Waals surface area contributed by atoms with E-state index in [1.54, 1.807) is 23.7 Å². The molecular formula is C19H25FN4O2. The zero-order valence-corrected chi connectivity index (χ0v) is 15.8. The Kier molecular flexibility index (Phi) is 5.79. The van der Waals surface area contributed by atoms with Crippen molar-refractivity contribution in [3.05, 3.63) is 47.5 Å². The van der Waals surface area contributed by atoms with Crippen molar-refractivity contribution in [2.45, 2.75) is 52.6 Å². The van der Waals surface area contributed by atoms with Crippen molar-refractivity contribution in [1.29, 1.82) is 0 Å². The molecule has 140 valence electrons. The fraction of sp³-hybridized carbons (Fsp3) is 0.421. The van der Waals surface area contributed by atoms with Gasteiger partial charge in [-0.05, 0) is 58.4 Å². The summed E-state index contributed by atoms with van der Waals surface area (Å²) in [5.74, 6) is -0.961. The number of halogens is 1. The highest BCUT2D eigenvalue weighted by molar-refractivity contribution is 5.98. The third-order valence-electron chi connectivity index (χ3n) is 3.76. The molecule has 1 heterocycles. The minimum atomic E-state index is -0.680. The molecule has 0 aliphatic rings. The van der Waals surface area contributed by atoms with Crippen LogP contribution in [0.15, 0.2) is 30.5 Å². The van der Waals surface area contributed by atoms with Crippen molar-refractivity contribution in [2.24, 2.45) is 0 Å². The number of hydrogen-bond donors (Lipinski definition) is 2. The van der Waals surface area contributed by atoms with Crippen LogP contribution in [-0.4, -0.2) is 33.2 Å². The molecule has 0 bridgehead atoms. The summed E-state index contributed by atoms with van der Waals surface area (Å²) >= 11 is 0. The average Bonchev–Trinajstić information content (AvgIpc) is 2.97. The molecule has 0 radical (unpaired) electrons. The molecule has 6 nitrogen and oxygen atoms in total. The predicted molar refractivity (Wildman–Crippen MR) is 97.7 cm³/mol. The van der Waals surface area contributed by atoms with E-state index < -0.39 is 6.04 Å². The molecule has 0 saturated heterocycles. The van der Waals surface area contributed by atoms with Crippen LogP contribution in [0.3, 0.4) is 0 Å². The number of nitrogens with one attached hydrogen (secondary N) is 2. The van der Waals surface area contributed by atoms with Crippen molar-refractivity contribution in [3.8, 4) is 5.69 Å². The second-order valence-corrected chi connectivity index (χ2v) is 7.18. The topological polar surface area (TPSA) is 76.0 Å². The van der Waals surface area contributed by atoms with Gasteiger partial charge in [0.15, 0.2) is 0 Å². The fourth-order valence-electron chi connectivity index (χ4n) is 2.53. The lowest BCUT2D eigenvalue weighted by Crippen LogP contribution is -2.50. The van der Waals surface area contributed by atoms with E-state index in [2.05, 4.69) is 15.7 Å². The Hall–Kier alpha value is -2.70. The maximum atomic E-state index is 13.1. The van der Waals surface area contributed by atoms with Crippen LogP contribution in [-0.2, 0) is 11.2 Å². The standard InChI is InChI=1S/C19H25FN4O2/c1-6-16-15(11-21-24(16)14-9-7-13(20)8-10-14)18(26)22-12(2)17(25)23-19(3,4)5/h7-12H,6H2,1-5H3,(H,22,26)(H,23,25)/t12-/m1/s1. The highest BCUT2D eigenvalue weighted by Crippen LogP contribution is 2.16. The molecule has 1 aromatic heterocycles. The van der Waals surface area contributed by atoms with E-state index in [9.17, 15) is 14.0 Å². The molecule has 2 N–H and O–H groups in total. The van der Waals surface area contributed by atoms with Gasteiger partial charge in [-0.1, -0.05) is 6.92 Å². The Bertz CT molecular complexity index is 791. The number of rotatable bonds is 5. The van der Waals surface area contributed by atoms with Gasteiger partial charge in [-0.15, -0.1) is 0 Å². The summed E-state index contributed by atoms with van der Waals surface area (Å²) in [6, 6.07) is 5.20. The van der Waals surface area contributed by atoms with Gasteiger partial charge in [0.05, 0.1) is 23.1 Å². The van der Waals surface area contributed by atoms with E-state index in [0.29, 0.717) is 23.4 Å². The van der Waals surface area contributed by atoms with Gasteiger partial charge >= 0.3 is 0 Å². The number of benzene rings is 1. The molecular weight excluding hydrogens is 335 g/mol. The first-order valence-electron chi connectivity index (χ1n) is 8.58. The number of aromatic nitrogens is 2.